The van der Waals surface area contributed by atoms with E-state index in [1.807, 2.05) is 6.92 Å². The van der Waals surface area contributed by atoms with Crippen molar-refractivity contribution in [2.45, 2.75) is 129 Å². The van der Waals surface area contributed by atoms with Crippen molar-refractivity contribution in [2.75, 3.05) is 6.61 Å². The predicted octanol–water partition coefficient (Wildman–Crippen LogP) is 4.78. The minimum absolute atomic E-state index is 0.0157. The number of esters is 3. The van der Waals surface area contributed by atoms with Gasteiger partial charge in [-0.25, -0.2) is 0 Å². The van der Waals surface area contributed by atoms with Gasteiger partial charge in [0.1, 0.15) is 30.0 Å². The summed E-state index contributed by atoms with van der Waals surface area (Å²) in [6, 6.07) is 0. The van der Waals surface area contributed by atoms with E-state index in [0.717, 1.165) is 12.5 Å². The van der Waals surface area contributed by atoms with Crippen LogP contribution in [0, 0.1) is 22.7 Å². The second-order valence-corrected chi connectivity index (χ2v) is 20.8. The lowest BCUT2D eigenvalue weighted by molar-refractivity contribution is -0.249. The van der Waals surface area contributed by atoms with Gasteiger partial charge in [-0.1, -0.05) is 26.3 Å². The molecule has 46 heavy (non-hydrogen) atoms. The van der Waals surface area contributed by atoms with E-state index in [1.165, 1.54) is 13.8 Å². The van der Waals surface area contributed by atoms with Gasteiger partial charge in [0.05, 0.1) is 6.61 Å². The SMILES string of the molecule is CC(=O)O[C@@H]1[C@@H]2[C@@H](OC(C)=O)CC(C)=C([C@@H](OC(C)=O)C[C@]3(C)CC[C@H](OS(=O)(=O)C(F)(F)F)[C@@](O)(CO[Si](C)(C)C)[C@@H]13)C2(C)C. The first-order valence-corrected chi connectivity index (χ1v) is 20.1. The van der Waals surface area contributed by atoms with E-state index in [1.54, 1.807) is 40.4 Å². The lowest BCUT2D eigenvalue weighted by atomic mass is 9.47. The third-order valence-corrected chi connectivity index (χ3v) is 11.6. The van der Waals surface area contributed by atoms with Gasteiger partial charge in [-0.3, -0.25) is 18.6 Å². The fourth-order valence-electron chi connectivity index (χ4n) is 8.17. The lowest BCUT2D eigenvalue weighted by Gasteiger charge is -2.62. The van der Waals surface area contributed by atoms with Crippen LogP contribution in [-0.2, 0) is 47.3 Å². The van der Waals surface area contributed by atoms with Gasteiger partial charge >= 0.3 is 33.5 Å². The van der Waals surface area contributed by atoms with Crippen LogP contribution >= 0.6 is 0 Å². The Balaban J connectivity index is 2.43. The first kappa shape index (κ1) is 38.4. The molecule has 0 unspecified atom stereocenters. The minimum Gasteiger partial charge on any atom is -0.462 e. The molecule has 264 valence electrons. The number of ether oxygens (including phenoxy) is 3. The van der Waals surface area contributed by atoms with Crippen LogP contribution < -0.4 is 0 Å². The molecule has 2 saturated carbocycles. The van der Waals surface area contributed by atoms with E-state index in [4.69, 9.17) is 22.8 Å². The quantitative estimate of drug-likeness (QED) is 0.0930. The van der Waals surface area contributed by atoms with Gasteiger partial charge in [-0.2, -0.15) is 21.6 Å². The number of rotatable bonds is 8. The molecule has 0 amide bonds. The maximum Gasteiger partial charge on any atom is 0.523 e. The third kappa shape index (κ3) is 7.66. The Kier molecular flexibility index (Phi) is 10.7. The molecule has 3 aliphatic rings. The van der Waals surface area contributed by atoms with Crippen LogP contribution in [0.3, 0.4) is 0 Å². The highest BCUT2D eigenvalue weighted by Gasteiger charge is 2.68. The third-order valence-electron chi connectivity index (χ3n) is 9.57. The van der Waals surface area contributed by atoms with Crippen molar-refractivity contribution in [3.05, 3.63) is 11.1 Å². The van der Waals surface area contributed by atoms with Gasteiger partial charge in [0, 0.05) is 39.0 Å². The number of carbonyl (C=O) groups excluding carboxylic acids is 3. The molecule has 0 aromatic carbocycles. The molecule has 0 aromatic heterocycles. The van der Waals surface area contributed by atoms with Crippen molar-refractivity contribution in [2.24, 2.45) is 22.7 Å². The van der Waals surface area contributed by atoms with E-state index in [0.29, 0.717) is 5.57 Å². The van der Waals surface area contributed by atoms with Crippen LogP contribution in [0.5, 0.6) is 0 Å². The molecule has 1 N–H and O–H groups in total. The number of fused-ring (bicyclic) bond motifs is 3. The van der Waals surface area contributed by atoms with E-state index in [9.17, 15) is 41.1 Å². The molecule has 0 aliphatic heterocycles. The fraction of sp³-hybridized carbons (Fsp3) is 0.833. The highest BCUT2D eigenvalue weighted by atomic mass is 32.2. The molecule has 0 radical (unpaired) electrons. The van der Waals surface area contributed by atoms with Crippen LogP contribution in [0.2, 0.25) is 19.6 Å². The summed E-state index contributed by atoms with van der Waals surface area (Å²) in [6.07, 6.45) is -5.31. The molecular formula is C30H47F3O11SSi. The van der Waals surface area contributed by atoms with Crippen molar-refractivity contribution < 1.29 is 63.9 Å². The molecule has 3 rings (SSSR count). The number of aliphatic hydroxyl groups is 1. The van der Waals surface area contributed by atoms with Crippen molar-refractivity contribution >= 4 is 36.3 Å². The monoisotopic (exact) mass is 700 g/mol. The zero-order chi connectivity index (χ0) is 35.4. The number of halogens is 3. The summed E-state index contributed by atoms with van der Waals surface area (Å²) in [6.45, 7) is 15.4. The lowest BCUT2D eigenvalue weighted by Crippen LogP contribution is -2.70. The molecule has 3 aliphatic carbocycles. The smallest absolute Gasteiger partial charge is 0.462 e. The van der Waals surface area contributed by atoms with Crippen LogP contribution in [0.25, 0.3) is 0 Å². The molecular weight excluding hydrogens is 653 g/mol. The summed E-state index contributed by atoms with van der Waals surface area (Å²) in [7, 11) is -8.74. The summed E-state index contributed by atoms with van der Waals surface area (Å²) < 4.78 is 94.4. The van der Waals surface area contributed by atoms with E-state index >= 15 is 0 Å². The van der Waals surface area contributed by atoms with Gasteiger partial charge in [0.25, 0.3) is 0 Å². The molecule has 2 bridgehead atoms. The Bertz CT molecular complexity index is 1360. The van der Waals surface area contributed by atoms with Crippen LogP contribution in [0.4, 0.5) is 13.2 Å². The van der Waals surface area contributed by atoms with Gasteiger partial charge in [-0.15, -0.1) is 0 Å². The summed E-state index contributed by atoms with van der Waals surface area (Å²) >= 11 is 0. The fourth-order valence-corrected chi connectivity index (χ4v) is 9.52. The van der Waals surface area contributed by atoms with Crippen molar-refractivity contribution in [1.29, 1.82) is 0 Å². The molecule has 11 nitrogen and oxygen atoms in total. The van der Waals surface area contributed by atoms with Crippen molar-refractivity contribution in [3.8, 4) is 0 Å². The number of hydrogen-bond donors (Lipinski definition) is 1. The summed E-state index contributed by atoms with van der Waals surface area (Å²) in [5, 5.41) is 12.8. The normalized spacial score (nSPS) is 34.9. The molecule has 16 heteroatoms. The Morgan fingerprint density at radius 1 is 0.978 bits per heavy atom. The van der Waals surface area contributed by atoms with Gasteiger partial charge in [0.15, 0.2) is 8.32 Å². The second kappa shape index (κ2) is 12.8. The Morgan fingerprint density at radius 2 is 1.52 bits per heavy atom. The van der Waals surface area contributed by atoms with Crippen LogP contribution in [0.1, 0.15) is 74.1 Å². The van der Waals surface area contributed by atoms with Gasteiger partial charge in [-0.05, 0) is 62.2 Å². The first-order valence-electron chi connectivity index (χ1n) is 15.2. The summed E-state index contributed by atoms with van der Waals surface area (Å²) in [5.41, 5.74) is -8.99. The minimum atomic E-state index is -6.19. The maximum absolute atomic E-state index is 13.7. The van der Waals surface area contributed by atoms with Crippen molar-refractivity contribution in [1.82, 2.24) is 0 Å². The molecule has 8 atom stereocenters. The predicted molar refractivity (Wildman–Crippen MR) is 161 cm³/mol. The molecule has 0 heterocycles. The molecule has 0 saturated heterocycles. The van der Waals surface area contributed by atoms with E-state index in [-0.39, 0.29) is 25.7 Å². The topological polar surface area (TPSA) is 152 Å². The molecule has 0 spiro atoms. The second-order valence-electron chi connectivity index (χ2n) is 14.7. The molecule has 2 fully saturated rings. The maximum atomic E-state index is 13.7. The van der Waals surface area contributed by atoms with Gasteiger partial charge < -0.3 is 23.7 Å². The highest BCUT2D eigenvalue weighted by Crippen LogP contribution is 2.62. The average molecular weight is 701 g/mol. The highest BCUT2D eigenvalue weighted by molar-refractivity contribution is 7.87. The summed E-state index contributed by atoms with van der Waals surface area (Å²) in [5.74, 6) is -4.30. The number of alkyl halides is 3. The standard InChI is InChI=1S/C30H47F3O11SSi/c1-16-13-20(41-17(2)34)24-25(43-19(4)36)26-28(7,14-21(42-18(3)35)23(16)27(24,5)6)12-11-22(44-45(38,39)30(31,32)33)29(26,37)15-40-46(8,9)10/h20-22,24-26,37H,11-15H2,1-10H3/t20-,21-,22-,24-,25+,26-,28-,29-/m0/s1. The zero-order valence-electron chi connectivity index (χ0n) is 28.1. The largest absolute Gasteiger partial charge is 0.523 e. The Hall–Kier alpha value is -2.01. The average Bonchev–Trinajstić information content (AvgIpc) is 2.81. The zero-order valence-corrected chi connectivity index (χ0v) is 29.9. The van der Waals surface area contributed by atoms with E-state index in [2.05, 4.69) is 0 Å². The molecule has 0 aromatic rings. The Morgan fingerprint density at radius 3 is 2.00 bits per heavy atom. The number of carbonyl (C=O) groups is 3. The number of hydrogen-bond acceptors (Lipinski definition) is 11. The van der Waals surface area contributed by atoms with Crippen molar-refractivity contribution in [3.63, 3.8) is 0 Å². The first-order chi connectivity index (χ1) is 20.7. The van der Waals surface area contributed by atoms with Gasteiger partial charge in [0.2, 0.25) is 0 Å². The Labute approximate surface area is 269 Å². The summed E-state index contributed by atoms with van der Waals surface area (Å²) in [4.78, 5) is 37.7. The van der Waals surface area contributed by atoms with E-state index < -0.39 is 101 Å². The van der Waals surface area contributed by atoms with Crippen LogP contribution in [-0.4, -0.2) is 81.9 Å². The van der Waals surface area contributed by atoms with Crippen LogP contribution in [0.15, 0.2) is 11.1 Å².